The van der Waals surface area contributed by atoms with Crippen LogP contribution in [0.1, 0.15) is 12.8 Å². The lowest BCUT2D eigenvalue weighted by Crippen LogP contribution is -2.38. The number of hydrogen-bond donors (Lipinski definition) is 0. The van der Waals surface area contributed by atoms with Crippen molar-refractivity contribution in [3.05, 3.63) is 0 Å². The Hall–Kier alpha value is -0.570. The number of carbonyl (C=O) groups is 1. The van der Waals surface area contributed by atoms with Gasteiger partial charge in [-0.1, -0.05) is 0 Å². The molecule has 0 N–H and O–H groups in total. The Morgan fingerprint density at radius 2 is 2.50 bits per heavy atom. The number of ether oxygens (including phenoxy) is 1. The second-order valence-electron chi connectivity index (χ2n) is 3.08. The van der Waals surface area contributed by atoms with Gasteiger partial charge in [-0.3, -0.25) is 9.69 Å². The third-order valence-electron chi connectivity index (χ3n) is 2.38. The number of likely N-dealkylation sites (tertiary alicyclic amines) is 1. The zero-order valence-electron chi connectivity index (χ0n) is 6.04. The number of hydrogen-bond acceptors (Lipinski definition) is 3. The van der Waals surface area contributed by atoms with Crippen molar-refractivity contribution < 1.29 is 9.53 Å². The second kappa shape index (κ2) is 1.95. The van der Waals surface area contributed by atoms with Crippen molar-refractivity contribution in [2.24, 2.45) is 0 Å². The lowest BCUT2D eigenvalue weighted by atomic mass is 10.0. The van der Waals surface area contributed by atoms with Crippen LogP contribution in [0.15, 0.2) is 0 Å². The van der Waals surface area contributed by atoms with Gasteiger partial charge in [0.1, 0.15) is 12.1 Å². The normalized spacial score (nSPS) is 39.9. The molecule has 0 amide bonds. The first-order valence-electron chi connectivity index (χ1n) is 3.68. The van der Waals surface area contributed by atoms with Crippen molar-refractivity contribution in [2.45, 2.75) is 25.0 Å². The van der Waals surface area contributed by atoms with E-state index in [0.29, 0.717) is 0 Å². The predicted octanol–water partition coefficient (Wildman–Crippen LogP) is 0.00600. The molecule has 0 aromatic rings. The smallest absolute Gasteiger partial charge is 0.323 e. The van der Waals surface area contributed by atoms with Crippen LogP contribution in [0.25, 0.3) is 0 Å². The molecular formula is C7H11NO2. The molecular weight excluding hydrogens is 130 g/mol. The molecule has 3 nitrogen and oxygen atoms in total. The minimum Gasteiger partial charge on any atom is -0.461 e. The Labute approximate surface area is 60.0 Å². The lowest BCUT2D eigenvalue weighted by Gasteiger charge is -2.24. The van der Waals surface area contributed by atoms with Crippen LogP contribution in [0.2, 0.25) is 0 Å². The summed E-state index contributed by atoms with van der Waals surface area (Å²) in [5, 5.41) is 0. The van der Waals surface area contributed by atoms with Gasteiger partial charge in [0.25, 0.3) is 0 Å². The fourth-order valence-electron chi connectivity index (χ4n) is 1.68. The molecule has 2 aliphatic rings. The molecule has 2 saturated heterocycles. The molecule has 0 aromatic heterocycles. The van der Waals surface area contributed by atoms with Crippen LogP contribution >= 0.6 is 0 Å². The third kappa shape index (κ3) is 0.736. The second-order valence-corrected chi connectivity index (χ2v) is 3.08. The van der Waals surface area contributed by atoms with Gasteiger partial charge in [0, 0.05) is 13.0 Å². The maximum atomic E-state index is 11.0. The van der Waals surface area contributed by atoms with Gasteiger partial charge in [0.05, 0.1) is 0 Å². The van der Waals surface area contributed by atoms with Gasteiger partial charge in [-0.05, 0) is 13.5 Å². The van der Waals surface area contributed by atoms with E-state index >= 15 is 0 Å². The van der Waals surface area contributed by atoms with Crippen molar-refractivity contribution in [3.8, 4) is 0 Å². The number of rotatable bonds is 0. The Balaban J connectivity index is 2.17. The van der Waals surface area contributed by atoms with Crippen LogP contribution in [0.4, 0.5) is 0 Å². The number of nitrogens with zero attached hydrogens (tertiary/aromatic N) is 1. The topological polar surface area (TPSA) is 29.5 Å². The molecule has 0 radical (unpaired) electrons. The van der Waals surface area contributed by atoms with E-state index in [9.17, 15) is 4.79 Å². The summed E-state index contributed by atoms with van der Waals surface area (Å²) in [6, 6.07) is 0.0683. The molecule has 2 bridgehead atoms. The molecule has 2 fully saturated rings. The molecule has 0 saturated carbocycles. The van der Waals surface area contributed by atoms with Crippen LogP contribution in [-0.2, 0) is 9.53 Å². The molecule has 0 aliphatic carbocycles. The number of carbonyl (C=O) groups excluding carboxylic acids is 1. The van der Waals surface area contributed by atoms with E-state index in [-0.39, 0.29) is 18.1 Å². The zero-order valence-corrected chi connectivity index (χ0v) is 6.04. The van der Waals surface area contributed by atoms with Gasteiger partial charge >= 0.3 is 5.97 Å². The molecule has 10 heavy (non-hydrogen) atoms. The minimum atomic E-state index is -0.0231. The summed E-state index contributed by atoms with van der Waals surface area (Å²) in [6.45, 7) is 1.00. The number of fused-ring (bicyclic) bond motifs is 2. The standard InChI is InChI=1S/C7H11NO2/c1-8-3-2-5-4-6(8)7(9)10-5/h5-6H,2-4H2,1H3/t5-,6-/m1/s1. The third-order valence-corrected chi connectivity index (χ3v) is 2.38. The summed E-state index contributed by atoms with van der Waals surface area (Å²) < 4.78 is 5.08. The highest BCUT2D eigenvalue weighted by atomic mass is 16.6. The van der Waals surface area contributed by atoms with Crippen molar-refractivity contribution >= 4 is 5.97 Å². The summed E-state index contributed by atoms with van der Waals surface area (Å²) >= 11 is 0. The Morgan fingerprint density at radius 3 is 3.20 bits per heavy atom. The highest BCUT2D eigenvalue weighted by molar-refractivity contribution is 5.78. The van der Waals surface area contributed by atoms with Crippen molar-refractivity contribution in [1.82, 2.24) is 4.90 Å². The van der Waals surface area contributed by atoms with Crippen molar-refractivity contribution in [3.63, 3.8) is 0 Å². The predicted molar refractivity (Wildman–Crippen MR) is 35.5 cm³/mol. The van der Waals surface area contributed by atoms with Gasteiger partial charge in [-0.25, -0.2) is 0 Å². The Bertz CT molecular complexity index is 169. The van der Waals surface area contributed by atoms with Gasteiger partial charge < -0.3 is 4.74 Å². The van der Waals surface area contributed by atoms with Gasteiger partial charge in [-0.2, -0.15) is 0 Å². The van der Waals surface area contributed by atoms with E-state index in [2.05, 4.69) is 4.90 Å². The molecule has 0 spiro atoms. The van der Waals surface area contributed by atoms with Crippen LogP contribution in [-0.4, -0.2) is 36.6 Å². The monoisotopic (exact) mass is 141 g/mol. The van der Waals surface area contributed by atoms with Crippen molar-refractivity contribution in [2.75, 3.05) is 13.6 Å². The first-order valence-corrected chi connectivity index (χ1v) is 3.68. The van der Waals surface area contributed by atoms with E-state index in [1.807, 2.05) is 7.05 Å². The van der Waals surface area contributed by atoms with E-state index in [4.69, 9.17) is 4.74 Å². The van der Waals surface area contributed by atoms with E-state index in [1.54, 1.807) is 0 Å². The summed E-state index contributed by atoms with van der Waals surface area (Å²) in [4.78, 5) is 13.1. The Morgan fingerprint density at radius 1 is 1.70 bits per heavy atom. The van der Waals surface area contributed by atoms with Gasteiger partial charge in [0.2, 0.25) is 0 Å². The molecule has 2 aliphatic heterocycles. The fraction of sp³-hybridized carbons (Fsp3) is 0.857. The average molecular weight is 141 g/mol. The fourth-order valence-corrected chi connectivity index (χ4v) is 1.68. The average Bonchev–Trinajstić information content (AvgIpc) is 2.21. The molecule has 2 rings (SSSR count). The van der Waals surface area contributed by atoms with Crippen molar-refractivity contribution in [1.29, 1.82) is 0 Å². The highest BCUT2D eigenvalue weighted by Crippen LogP contribution is 2.26. The number of esters is 1. The lowest BCUT2D eigenvalue weighted by molar-refractivity contribution is -0.143. The van der Waals surface area contributed by atoms with E-state index in [0.717, 1.165) is 19.4 Å². The summed E-state index contributed by atoms with van der Waals surface area (Å²) in [5.41, 5.74) is 0. The summed E-state index contributed by atoms with van der Waals surface area (Å²) in [5.74, 6) is -0.0231. The van der Waals surface area contributed by atoms with E-state index < -0.39 is 0 Å². The molecule has 56 valence electrons. The van der Waals surface area contributed by atoms with Crippen LogP contribution < -0.4 is 0 Å². The maximum Gasteiger partial charge on any atom is 0.323 e. The van der Waals surface area contributed by atoms with Crippen LogP contribution in [0, 0.1) is 0 Å². The molecule has 2 heterocycles. The minimum absolute atomic E-state index is 0.0231. The Kier molecular flexibility index (Phi) is 1.20. The van der Waals surface area contributed by atoms with Gasteiger partial charge in [0.15, 0.2) is 0 Å². The van der Waals surface area contributed by atoms with Crippen LogP contribution in [0.3, 0.4) is 0 Å². The van der Waals surface area contributed by atoms with E-state index in [1.165, 1.54) is 0 Å². The number of likely N-dealkylation sites (N-methyl/N-ethyl adjacent to an activating group) is 1. The highest BCUT2D eigenvalue weighted by Gasteiger charge is 2.40. The molecule has 3 heteroatoms. The molecule has 0 aromatic carbocycles. The summed E-state index contributed by atoms with van der Waals surface area (Å²) in [7, 11) is 1.98. The first-order chi connectivity index (χ1) is 4.77. The molecule has 2 atom stereocenters. The zero-order chi connectivity index (χ0) is 7.14. The largest absolute Gasteiger partial charge is 0.461 e. The van der Waals surface area contributed by atoms with Crippen LogP contribution in [0.5, 0.6) is 0 Å². The SMILES string of the molecule is CN1CC[C@@H]2C[C@@H]1C(=O)O2. The summed E-state index contributed by atoms with van der Waals surface area (Å²) in [6.07, 6.45) is 2.15. The maximum absolute atomic E-state index is 11.0. The molecule has 0 unspecified atom stereocenters. The first kappa shape index (κ1) is 6.16. The van der Waals surface area contributed by atoms with Gasteiger partial charge in [-0.15, -0.1) is 0 Å². The quantitative estimate of drug-likeness (QED) is 0.445. The number of piperidine rings is 1.